The molecule has 0 unspecified atom stereocenters. The van der Waals surface area contributed by atoms with Crippen LogP contribution in [-0.4, -0.2) is 16.5 Å². The average molecular weight is 263 g/mol. The maximum atomic E-state index is 11.8. The van der Waals surface area contributed by atoms with Gasteiger partial charge in [-0.1, -0.05) is 13.3 Å². The second-order valence-corrected chi connectivity index (χ2v) is 4.30. The summed E-state index contributed by atoms with van der Waals surface area (Å²) in [5, 5.41) is 14.6. The van der Waals surface area contributed by atoms with Crippen molar-refractivity contribution in [2.45, 2.75) is 33.6 Å². The zero-order chi connectivity index (χ0) is 14.4. The van der Waals surface area contributed by atoms with E-state index in [-0.39, 0.29) is 11.6 Å². The van der Waals surface area contributed by atoms with E-state index in [0.717, 1.165) is 18.6 Å². The van der Waals surface area contributed by atoms with E-state index in [0.29, 0.717) is 11.1 Å². The molecular weight excluding hydrogens is 246 g/mol. The molecule has 0 aliphatic rings. The van der Waals surface area contributed by atoms with Crippen molar-refractivity contribution in [1.82, 2.24) is 5.43 Å². The van der Waals surface area contributed by atoms with Crippen LogP contribution in [0.15, 0.2) is 23.3 Å². The zero-order valence-corrected chi connectivity index (χ0v) is 11.3. The number of rotatable bonds is 5. The SMILES string of the molecule is CCC/C(C)=N/NC(=O)c1ccc([N+](=O)[O-])c(C)c1. The topological polar surface area (TPSA) is 84.6 Å². The molecule has 0 fully saturated rings. The Hall–Kier alpha value is -2.24. The molecule has 0 saturated heterocycles. The van der Waals surface area contributed by atoms with E-state index in [1.165, 1.54) is 18.2 Å². The first kappa shape index (κ1) is 14.8. The molecule has 0 aliphatic heterocycles. The molecule has 0 spiro atoms. The van der Waals surface area contributed by atoms with E-state index in [1.54, 1.807) is 6.92 Å². The highest BCUT2D eigenvalue weighted by Gasteiger charge is 2.13. The fraction of sp³-hybridized carbons (Fsp3) is 0.385. The normalized spacial score (nSPS) is 11.2. The summed E-state index contributed by atoms with van der Waals surface area (Å²) in [6.07, 6.45) is 1.78. The third-order valence-electron chi connectivity index (χ3n) is 2.62. The molecule has 19 heavy (non-hydrogen) atoms. The third kappa shape index (κ3) is 4.17. The molecule has 0 aliphatic carbocycles. The van der Waals surface area contributed by atoms with Gasteiger partial charge in [-0.05, 0) is 32.4 Å². The van der Waals surface area contributed by atoms with Gasteiger partial charge in [-0.15, -0.1) is 0 Å². The lowest BCUT2D eigenvalue weighted by atomic mass is 10.1. The lowest BCUT2D eigenvalue weighted by molar-refractivity contribution is -0.385. The highest BCUT2D eigenvalue weighted by Crippen LogP contribution is 2.18. The molecule has 0 atom stereocenters. The Balaban J connectivity index is 2.81. The van der Waals surface area contributed by atoms with Crippen LogP contribution in [0, 0.1) is 17.0 Å². The number of carbonyl (C=O) groups is 1. The van der Waals surface area contributed by atoms with Crippen LogP contribution in [0.3, 0.4) is 0 Å². The number of hydrogen-bond donors (Lipinski definition) is 1. The second kappa shape index (κ2) is 6.63. The molecule has 1 aromatic rings. The molecule has 0 heterocycles. The number of hydrogen-bond acceptors (Lipinski definition) is 4. The van der Waals surface area contributed by atoms with Gasteiger partial charge in [0.15, 0.2) is 0 Å². The Morgan fingerprint density at radius 2 is 2.16 bits per heavy atom. The molecule has 0 aromatic heterocycles. The van der Waals surface area contributed by atoms with Crippen LogP contribution in [0.5, 0.6) is 0 Å². The first-order valence-corrected chi connectivity index (χ1v) is 6.04. The summed E-state index contributed by atoms with van der Waals surface area (Å²) in [5.41, 5.74) is 4.09. The van der Waals surface area contributed by atoms with Crippen LogP contribution in [0.2, 0.25) is 0 Å². The molecule has 1 N–H and O–H groups in total. The lowest BCUT2D eigenvalue weighted by Gasteiger charge is -2.03. The van der Waals surface area contributed by atoms with Crippen molar-refractivity contribution in [2.24, 2.45) is 5.10 Å². The van der Waals surface area contributed by atoms with Crippen LogP contribution in [-0.2, 0) is 0 Å². The van der Waals surface area contributed by atoms with Gasteiger partial charge in [0.05, 0.1) is 4.92 Å². The minimum Gasteiger partial charge on any atom is -0.267 e. The summed E-state index contributed by atoms with van der Waals surface area (Å²) in [6, 6.07) is 4.23. The molecule has 6 heteroatoms. The van der Waals surface area contributed by atoms with Gasteiger partial charge >= 0.3 is 0 Å². The first-order chi connectivity index (χ1) is 8.95. The van der Waals surface area contributed by atoms with Gasteiger partial charge in [-0.25, -0.2) is 5.43 Å². The number of hydrazone groups is 1. The standard InChI is InChI=1S/C13H17N3O3/c1-4-5-10(3)14-15-13(17)11-6-7-12(16(18)19)9(2)8-11/h6-8H,4-5H2,1-3H3,(H,15,17)/b14-10+. The zero-order valence-electron chi connectivity index (χ0n) is 11.3. The monoisotopic (exact) mass is 263 g/mol. The van der Waals surface area contributed by atoms with E-state index in [9.17, 15) is 14.9 Å². The van der Waals surface area contributed by atoms with Crippen LogP contribution in [0.4, 0.5) is 5.69 Å². The summed E-state index contributed by atoms with van der Waals surface area (Å²) in [5.74, 6) is -0.367. The van der Waals surface area contributed by atoms with E-state index in [1.807, 2.05) is 13.8 Å². The van der Waals surface area contributed by atoms with Gasteiger partial charge in [-0.3, -0.25) is 14.9 Å². The maximum Gasteiger partial charge on any atom is 0.272 e. The van der Waals surface area contributed by atoms with Crippen molar-refractivity contribution >= 4 is 17.3 Å². The van der Waals surface area contributed by atoms with Crippen molar-refractivity contribution in [1.29, 1.82) is 0 Å². The molecule has 0 saturated carbocycles. The highest BCUT2D eigenvalue weighted by atomic mass is 16.6. The Labute approximate surface area is 111 Å². The fourth-order valence-corrected chi connectivity index (χ4v) is 1.63. The first-order valence-electron chi connectivity index (χ1n) is 6.04. The molecule has 1 amide bonds. The minimum atomic E-state index is -0.472. The van der Waals surface area contributed by atoms with E-state index < -0.39 is 4.92 Å². The Morgan fingerprint density at radius 3 is 2.68 bits per heavy atom. The van der Waals surface area contributed by atoms with Crippen molar-refractivity contribution in [2.75, 3.05) is 0 Å². The summed E-state index contributed by atoms with van der Waals surface area (Å²) < 4.78 is 0. The predicted molar refractivity (Wildman–Crippen MR) is 73.3 cm³/mol. The number of carbonyl (C=O) groups excluding carboxylic acids is 1. The number of nitro groups is 1. The van der Waals surface area contributed by atoms with Crippen molar-refractivity contribution in [3.63, 3.8) is 0 Å². The quantitative estimate of drug-likeness (QED) is 0.503. The maximum absolute atomic E-state index is 11.8. The molecule has 0 bridgehead atoms. The number of aryl methyl sites for hydroxylation is 1. The van der Waals surface area contributed by atoms with Gasteiger partial charge < -0.3 is 0 Å². The summed E-state index contributed by atoms with van der Waals surface area (Å²) in [7, 11) is 0. The minimum absolute atomic E-state index is 0.00205. The largest absolute Gasteiger partial charge is 0.272 e. The molecule has 1 aromatic carbocycles. The van der Waals surface area contributed by atoms with Crippen LogP contribution < -0.4 is 5.43 Å². The van der Waals surface area contributed by atoms with Crippen LogP contribution in [0.25, 0.3) is 0 Å². The number of amides is 1. The number of nitro benzene ring substituents is 1. The van der Waals surface area contributed by atoms with Gasteiger partial charge in [-0.2, -0.15) is 5.10 Å². The Kier molecular flexibility index (Phi) is 5.17. The fourth-order valence-electron chi connectivity index (χ4n) is 1.63. The summed E-state index contributed by atoms with van der Waals surface area (Å²) in [6.45, 7) is 5.46. The van der Waals surface area contributed by atoms with Gasteiger partial charge in [0.1, 0.15) is 0 Å². The van der Waals surface area contributed by atoms with Gasteiger partial charge in [0, 0.05) is 22.9 Å². The van der Waals surface area contributed by atoms with Crippen molar-refractivity contribution < 1.29 is 9.72 Å². The predicted octanol–water partition coefficient (Wildman–Crippen LogP) is 2.81. The van der Waals surface area contributed by atoms with Gasteiger partial charge in [0.2, 0.25) is 0 Å². The van der Waals surface area contributed by atoms with E-state index in [2.05, 4.69) is 10.5 Å². The Bertz CT molecular complexity index is 524. The molecule has 0 radical (unpaired) electrons. The average Bonchev–Trinajstić information content (AvgIpc) is 2.35. The van der Waals surface area contributed by atoms with Crippen LogP contribution in [0.1, 0.15) is 42.6 Å². The highest BCUT2D eigenvalue weighted by molar-refractivity contribution is 5.95. The van der Waals surface area contributed by atoms with Gasteiger partial charge in [0.25, 0.3) is 11.6 Å². The Morgan fingerprint density at radius 1 is 1.47 bits per heavy atom. The second-order valence-electron chi connectivity index (χ2n) is 4.30. The summed E-state index contributed by atoms with van der Waals surface area (Å²) in [4.78, 5) is 22.0. The number of benzene rings is 1. The smallest absolute Gasteiger partial charge is 0.267 e. The van der Waals surface area contributed by atoms with E-state index >= 15 is 0 Å². The summed E-state index contributed by atoms with van der Waals surface area (Å²) >= 11 is 0. The third-order valence-corrected chi connectivity index (χ3v) is 2.62. The molecular formula is C13H17N3O3. The number of nitrogens with one attached hydrogen (secondary N) is 1. The van der Waals surface area contributed by atoms with Crippen molar-refractivity contribution in [3.8, 4) is 0 Å². The van der Waals surface area contributed by atoms with Crippen LogP contribution >= 0.6 is 0 Å². The molecule has 6 nitrogen and oxygen atoms in total. The van der Waals surface area contributed by atoms with E-state index in [4.69, 9.17) is 0 Å². The lowest BCUT2D eigenvalue weighted by Crippen LogP contribution is -2.19. The molecule has 1 rings (SSSR count). The molecule has 102 valence electrons. The number of nitrogens with zero attached hydrogens (tertiary/aromatic N) is 2. The van der Waals surface area contributed by atoms with Crippen molar-refractivity contribution in [3.05, 3.63) is 39.4 Å².